The maximum Gasteiger partial charge on any atom is 0.225 e. The van der Waals surface area contributed by atoms with Crippen LogP contribution in [-0.2, 0) is 9.22 Å². The lowest BCUT2D eigenvalue weighted by molar-refractivity contribution is -0.134. The number of amides is 1. The van der Waals surface area contributed by atoms with E-state index in [0.717, 1.165) is 5.56 Å². The summed E-state index contributed by atoms with van der Waals surface area (Å²) in [5, 5.41) is 9.63. The van der Waals surface area contributed by atoms with E-state index in [1.165, 1.54) is 6.92 Å². The molecule has 0 saturated heterocycles. The van der Waals surface area contributed by atoms with Gasteiger partial charge >= 0.3 is 0 Å². The van der Waals surface area contributed by atoms with Gasteiger partial charge < -0.3 is 4.43 Å². The van der Waals surface area contributed by atoms with Crippen molar-refractivity contribution in [1.82, 2.24) is 4.90 Å². The number of nitriles is 1. The summed E-state index contributed by atoms with van der Waals surface area (Å²) in [5.74, 6) is -0.139. The molecule has 0 bridgehead atoms. The number of benzene rings is 1. The molecule has 1 heterocycles. The number of carbonyl (C=O) groups excluding carboxylic acids is 1. The van der Waals surface area contributed by atoms with E-state index in [4.69, 9.17) is 4.43 Å². The normalized spacial score (nSPS) is 21.5. The summed E-state index contributed by atoms with van der Waals surface area (Å²) >= 11 is 0. The quantitative estimate of drug-likeness (QED) is 0.733. The summed E-state index contributed by atoms with van der Waals surface area (Å²) in [6.07, 6.45) is 1.96. The van der Waals surface area contributed by atoms with Crippen molar-refractivity contribution >= 4 is 14.2 Å². The Kier molecular flexibility index (Phi) is 5.55. The molecule has 0 N–H and O–H groups in total. The van der Waals surface area contributed by atoms with E-state index >= 15 is 0 Å². The summed E-state index contributed by atoms with van der Waals surface area (Å²) in [4.78, 5) is 13.8. The molecule has 0 aliphatic carbocycles. The molecule has 1 aliphatic heterocycles. The summed E-state index contributed by atoms with van der Waals surface area (Å²) in [7, 11) is -2.05. The third kappa shape index (κ3) is 4.20. The molecule has 1 amide bonds. The van der Waals surface area contributed by atoms with Crippen LogP contribution in [0.15, 0.2) is 42.1 Å². The van der Waals surface area contributed by atoms with Crippen molar-refractivity contribution < 1.29 is 9.22 Å². The van der Waals surface area contributed by atoms with Gasteiger partial charge in [-0.1, -0.05) is 51.1 Å². The first kappa shape index (κ1) is 19.4. The Morgan fingerprint density at radius 2 is 1.88 bits per heavy atom. The molecule has 0 aromatic heterocycles. The average Bonchev–Trinajstić information content (AvgIpc) is 2.53. The number of hydrogen-bond donors (Lipinski definition) is 0. The van der Waals surface area contributed by atoms with Crippen LogP contribution in [0, 0.1) is 11.3 Å². The van der Waals surface area contributed by atoms with Gasteiger partial charge in [0.2, 0.25) is 5.91 Å². The molecule has 0 saturated carbocycles. The lowest BCUT2D eigenvalue weighted by Crippen LogP contribution is -2.51. The van der Waals surface area contributed by atoms with Crippen LogP contribution in [0.4, 0.5) is 0 Å². The molecule has 25 heavy (non-hydrogen) atoms. The molecule has 0 radical (unpaired) electrons. The Morgan fingerprint density at radius 1 is 1.28 bits per heavy atom. The highest BCUT2D eigenvalue weighted by Gasteiger charge is 2.43. The number of allylic oxidation sites excluding steroid dienone is 1. The molecule has 0 fully saturated rings. The van der Waals surface area contributed by atoms with E-state index in [2.05, 4.69) is 39.9 Å². The smallest absolute Gasteiger partial charge is 0.225 e. The van der Waals surface area contributed by atoms with Crippen molar-refractivity contribution in [3.63, 3.8) is 0 Å². The topological polar surface area (TPSA) is 53.3 Å². The molecule has 0 spiro atoms. The van der Waals surface area contributed by atoms with Crippen molar-refractivity contribution in [3.8, 4) is 6.07 Å². The second kappa shape index (κ2) is 7.15. The molecule has 2 rings (SSSR count). The van der Waals surface area contributed by atoms with Gasteiger partial charge in [-0.05, 0) is 23.7 Å². The summed E-state index contributed by atoms with van der Waals surface area (Å²) in [6.45, 7) is 12.5. The van der Waals surface area contributed by atoms with Gasteiger partial charge in [0.05, 0.1) is 11.6 Å². The van der Waals surface area contributed by atoms with Gasteiger partial charge in [-0.2, -0.15) is 5.26 Å². The van der Waals surface area contributed by atoms with E-state index in [1.54, 1.807) is 11.1 Å². The SMILES string of the molecule is CC(=O)N1C=C(C#N)[C@@H](c2ccccc2)C[C@H]1O[Si](C)(C)C(C)(C)C. The van der Waals surface area contributed by atoms with Crippen molar-refractivity contribution in [2.24, 2.45) is 0 Å². The fourth-order valence-electron chi connectivity index (χ4n) is 2.79. The monoisotopic (exact) mass is 356 g/mol. The Morgan fingerprint density at radius 3 is 2.36 bits per heavy atom. The minimum atomic E-state index is -2.05. The zero-order valence-corrected chi connectivity index (χ0v) is 17.0. The van der Waals surface area contributed by atoms with Gasteiger partial charge in [0.25, 0.3) is 0 Å². The standard InChI is InChI=1S/C20H28N2O2Si/c1-15(23)22-14-17(13-21)18(16-10-8-7-9-11-16)12-19(22)24-25(5,6)20(2,3)4/h7-11,14,18-19H,12H2,1-6H3/t18-,19-/m1/s1. The van der Waals surface area contributed by atoms with E-state index in [-0.39, 0.29) is 23.1 Å². The molecule has 134 valence electrons. The first-order chi connectivity index (χ1) is 11.6. The first-order valence-electron chi connectivity index (χ1n) is 8.70. The lowest BCUT2D eigenvalue weighted by atomic mass is 9.86. The van der Waals surface area contributed by atoms with Crippen LogP contribution in [-0.4, -0.2) is 25.4 Å². The molecule has 1 aliphatic rings. The minimum absolute atomic E-state index is 0.0448. The molecule has 1 aromatic carbocycles. The summed E-state index contributed by atoms with van der Waals surface area (Å²) < 4.78 is 6.55. The average molecular weight is 357 g/mol. The van der Waals surface area contributed by atoms with Gasteiger partial charge in [0, 0.05) is 25.5 Å². The number of hydrogen-bond acceptors (Lipinski definition) is 3. The lowest BCUT2D eigenvalue weighted by Gasteiger charge is -2.44. The molecule has 0 unspecified atom stereocenters. The van der Waals surface area contributed by atoms with Gasteiger partial charge in [-0.15, -0.1) is 0 Å². The maximum atomic E-state index is 12.2. The van der Waals surface area contributed by atoms with Crippen LogP contribution in [0.2, 0.25) is 18.1 Å². The van der Waals surface area contributed by atoms with Crippen molar-refractivity contribution in [3.05, 3.63) is 47.7 Å². The predicted molar refractivity (Wildman–Crippen MR) is 102 cm³/mol. The van der Waals surface area contributed by atoms with E-state index in [0.29, 0.717) is 12.0 Å². The summed E-state index contributed by atoms with van der Waals surface area (Å²) in [6, 6.07) is 12.3. The van der Waals surface area contributed by atoms with Crippen molar-refractivity contribution in [2.45, 2.75) is 64.4 Å². The first-order valence-corrected chi connectivity index (χ1v) is 11.6. The van der Waals surface area contributed by atoms with Crippen LogP contribution in [0.1, 0.15) is 45.6 Å². The molecule has 1 aromatic rings. The third-order valence-corrected chi connectivity index (χ3v) is 9.81. The second-order valence-electron chi connectivity index (χ2n) is 8.15. The zero-order valence-electron chi connectivity index (χ0n) is 16.0. The minimum Gasteiger partial charge on any atom is -0.397 e. The largest absolute Gasteiger partial charge is 0.397 e. The number of carbonyl (C=O) groups is 1. The van der Waals surface area contributed by atoms with Gasteiger partial charge in [-0.3, -0.25) is 9.69 Å². The predicted octanol–water partition coefficient (Wildman–Crippen LogP) is 4.78. The van der Waals surface area contributed by atoms with E-state index in [1.807, 2.05) is 30.3 Å². The molecule has 5 heteroatoms. The fraction of sp³-hybridized carbons (Fsp3) is 0.500. The Balaban J connectivity index is 2.41. The van der Waals surface area contributed by atoms with E-state index < -0.39 is 8.32 Å². The Labute approximate surface area is 152 Å². The zero-order chi connectivity index (χ0) is 18.8. The molecule has 2 atom stereocenters. The molecule has 4 nitrogen and oxygen atoms in total. The van der Waals surface area contributed by atoms with Crippen LogP contribution in [0.25, 0.3) is 0 Å². The highest BCUT2D eigenvalue weighted by atomic mass is 28.4. The Hall–Kier alpha value is -1.90. The third-order valence-electron chi connectivity index (χ3n) is 5.33. The van der Waals surface area contributed by atoms with Crippen molar-refractivity contribution in [1.29, 1.82) is 5.26 Å². The van der Waals surface area contributed by atoms with Crippen LogP contribution >= 0.6 is 0 Å². The van der Waals surface area contributed by atoms with Gasteiger partial charge in [0.15, 0.2) is 8.32 Å². The molecular formula is C20H28N2O2Si. The highest BCUT2D eigenvalue weighted by molar-refractivity contribution is 6.74. The number of rotatable bonds is 3. The fourth-order valence-corrected chi connectivity index (χ4v) is 4.03. The second-order valence-corrected chi connectivity index (χ2v) is 12.9. The van der Waals surface area contributed by atoms with Crippen LogP contribution in [0.5, 0.6) is 0 Å². The van der Waals surface area contributed by atoms with Crippen LogP contribution < -0.4 is 0 Å². The van der Waals surface area contributed by atoms with Crippen LogP contribution in [0.3, 0.4) is 0 Å². The van der Waals surface area contributed by atoms with Crippen molar-refractivity contribution in [2.75, 3.05) is 0 Å². The van der Waals surface area contributed by atoms with Gasteiger partial charge in [-0.25, -0.2) is 0 Å². The summed E-state index contributed by atoms with van der Waals surface area (Å²) in [5.41, 5.74) is 1.69. The highest BCUT2D eigenvalue weighted by Crippen LogP contribution is 2.41. The van der Waals surface area contributed by atoms with Gasteiger partial charge in [0.1, 0.15) is 6.23 Å². The number of nitrogens with zero attached hydrogens (tertiary/aromatic N) is 2. The maximum absolute atomic E-state index is 12.2. The Bertz CT molecular complexity index is 699. The molecular weight excluding hydrogens is 328 g/mol. The van der Waals surface area contributed by atoms with E-state index in [9.17, 15) is 10.1 Å².